The van der Waals surface area contributed by atoms with Crippen LogP contribution in [0, 0.1) is 0 Å². The van der Waals surface area contributed by atoms with Crippen LogP contribution in [0.3, 0.4) is 0 Å². The van der Waals surface area contributed by atoms with Crippen LogP contribution in [0.15, 0.2) is 30.3 Å². The summed E-state index contributed by atoms with van der Waals surface area (Å²) in [7, 11) is 0.816. The molecule has 0 saturated carbocycles. The molecule has 1 atom stereocenters. The fourth-order valence-corrected chi connectivity index (χ4v) is 1.68. The van der Waals surface area contributed by atoms with E-state index >= 15 is 0 Å². The monoisotopic (exact) mass is 266 g/mol. The van der Waals surface area contributed by atoms with Gasteiger partial charge in [0.05, 0.1) is 0 Å². The zero-order valence-electron chi connectivity index (χ0n) is 8.92. The second kappa shape index (κ2) is 5.06. The van der Waals surface area contributed by atoms with Crippen molar-refractivity contribution in [2.75, 3.05) is 7.11 Å². The topological polar surface area (TPSA) is 26.3 Å². The molecule has 0 saturated heterocycles. The predicted octanol–water partition coefficient (Wildman–Crippen LogP) is 2.94. The van der Waals surface area contributed by atoms with E-state index in [1.165, 1.54) is 12.1 Å². The molecule has 0 spiro atoms. The van der Waals surface area contributed by atoms with Crippen molar-refractivity contribution < 1.29 is 22.7 Å². The van der Waals surface area contributed by atoms with E-state index in [1.807, 2.05) is 0 Å². The van der Waals surface area contributed by atoms with Crippen molar-refractivity contribution in [1.29, 1.82) is 0 Å². The molecule has 2 nitrogen and oxygen atoms in total. The molecule has 0 aliphatic rings. The third-order valence-electron chi connectivity index (χ3n) is 2.42. The van der Waals surface area contributed by atoms with E-state index in [4.69, 9.17) is 11.6 Å². The normalized spacial score (nSPS) is 15.4. The van der Waals surface area contributed by atoms with Crippen LogP contribution < -0.4 is 0 Å². The average Bonchev–Trinajstić information content (AvgIpc) is 2.25. The maximum Gasteiger partial charge on any atom is 0.426 e. The summed E-state index contributed by atoms with van der Waals surface area (Å²) < 4.78 is 43.0. The largest absolute Gasteiger partial charge is 0.426 e. The quantitative estimate of drug-likeness (QED) is 0.783. The minimum atomic E-state index is -4.86. The molecule has 0 radical (unpaired) electrons. The van der Waals surface area contributed by atoms with Gasteiger partial charge >= 0.3 is 6.18 Å². The predicted molar refractivity (Wildman–Crippen MR) is 56.8 cm³/mol. The average molecular weight is 267 g/mol. The number of methoxy groups -OCH3 is 1. The van der Waals surface area contributed by atoms with Crippen molar-refractivity contribution in [1.82, 2.24) is 0 Å². The van der Waals surface area contributed by atoms with Gasteiger partial charge in [-0.05, 0) is 17.2 Å². The molecular weight excluding hydrogens is 257 g/mol. The zero-order chi connectivity index (χ0) is 13.1. The molecule has 0 fully saturated rings. The van der Waals surface area contributed by atoms with Crippen molar-refractivity contribution in [3.8, 4) is 0 Å². The van der Waals surface area contributed by atoms with Gasteiger partial charge in [0.1, 0.15) is 0 Å². The highest BCUT2D eigenvalue weighted by Crippen LogP contribution is 2.37. The van der Waals surface area contributed by atoms with Crippen LogP contribution in [-0.4, -0.2) is 24.1 Å². The van der Waals surface area contributed by atoms with Gasteiger partial charge in [-0.3, -0.25) is 4.79 Å². The van der Waals surface area contributed by atoms with Gasteiger partial charge in [0.25, 0.3) is 5.24 Å². The lowest BCUT2D eigenvalue weighted by atomic mass is 9.95. The number of benzene rings is 1. The summed E-state index contributed by atoms with van der Waals surface area (Å²) in [6.45, 7) is 0. The number of hydrogen-bond acceptors (Lipinski definition) is 2. The van der Waals surface area contributed by atoms with E-state index in [9.17, 15) is 18.0 Å². The van der Waals surface area contributed by atoms with E-state index < -0.39 is 23.4 Å². The Labute approximate surface area is 101 Å². The van der Waals surface area contributed by atoms with Gasteiger partial charge < -0.3 is 4.74 Å². The van der Waals surface area contributed by atoms with Crippen LogP contribution in [0.4, 0.5) is 13.2 Å². The lowest BCUT2D eigenvalue weighted by molar-refractivity contribution is -0.254. The maximum atomic E-state index is 12.9. The lowest BCUT2D eigenvalue weighted by Gasteiger charge is -2.30. The molecule has 0 aliphatic carbocycles. The lowest BCUT2D eigenvalue weighted by Crippen LogP contribution is -2.53. The molecule has 0 heterocycles. The first-order chi connectivity index (χ1) is 7.83. The molecule has 1 rings (SSSR count). The third-order valence-corrected chi connectivity index (χ3v) is 2.73. The van der Waals surface area contributed by atoms with Crippen LogP contribution >= 0.6 is 11.6 Å². The van der Waals surface area contributed by atoms with E-state index in [1.54, 1.807) is 18.2 Å². The van der Waals surface area contributed by atoms with Crippen molar-refractivity contribution in [2.24, 2.45) is 0 Å². The molecule has 1 aromatic rings. The number of ether oxygens (including phenoxy) is 1. The first-order valence-electron chi connectivity index (χ1n) is 4.69. The van der Waals surface area contributed by atoms with Crippen molar-refractivity contribution in [2.45, 2.75) is 18.2 Å². The Morgan fingerprint density at radius 2 is 1.82 bits per heavy atom. The van der Waals surface area contributed by atoms with E-state index in [0.29, 0.717) is 5.56 Å². The van der Waals surface area contributed by atoms with E-state index in [-0.39, 0.29) is 0 Å². The molecule has 1 aromatic carbocycles. The maximum absolute atomic E-state index is 12.9. The Morgan fingerprint density at radius 3 is 2.18 bits per heavy atom. The molecule has 94 valence electrons. The summed E-state index contributed by atoms with van der Waals surface area (Å²) >= 11 is 5.05. The summed E-state index contributed by atoms with van der Waals surface area (Å²) in [5.41, 5.74) is -2.67. The standard InChI is InChI=1S/C11H10ClF3O2/c1-17-10(9(12)16,11(13,14)15)7-8-5-3-2-4-6-8/h2-6H,7H2,1H3/t10-/m1/s1. The SMILES string of the molecule is CO[C@](Cc1ccccc1)(C(=O)Cl)C(F)(F)F. The Morgan fingerprint density at radius 1 is 1.29 bits per heavy atom. The second-order valence-electron chi connectivity index (χ2n) is 3.46. The van der Waals surface area contributed by atoms with E-state index in [2.05, 4.69) is 4.74 Å². The van der Waals surface area contributed by atoms with Crippen LogP contribution in [-0.2, 0) is 16.0 Å². The van der Waals surface area contributed by atoms with Crippen LogP contribution in [0.25, 0.3) is 0 Å². The van der Waals surface area contributed by atoms with Gasteiger partial charge in [-0.15, -0.1) is 0 Å². The molecule has 0 amide bonds. The number of halogens is 4. The molecular formula is C11H10ClF3O2. The number of hydrogen-bond donors (Lipinski definition) is 0. The van der Waals surface area contributed by atoms with Gasteiger partial charge in [-0.1, -0.05) is 30.3 Å². The van der Waals surface area contributed by atoms with Crippen molar-refractivity contribution in [3.63, 3.8) is 0 Å². The molecule has 0 aliphatic heterocycles. The minimum absolute atomic E-state index is 0.320. The van der Waals surface area contributed by atoms with Crippen molar-refractivity contribution >= 4 is 16.8 Å². The van der Waals surface area contributed by atoms with Gasteiger partial charge in [-0.25, -0.2) is 0 Å². The Balaban J connectivity index is 3.13. The van der Waals surface area contributed by atoms with Gasteiger partial charge in [0, 0.05) is 13.5 Å². The molecule has 0 unspecified atom stereocenters. The molecule has 6 heteroatoms. The third kappa shape index (κ3) is 2.79. The second-order valence-corrected chi connectivity index (χ2v) is 3.81. The van der Waals surface area contributed by atoms with Crippen LogP contribution in [0.1, 0.15) is 5.56 Å². The Bertz CT molecular complexity index is 391. The summed E-state index contributed by atoms with van der Waals surface area (Å²) in [6, 6.07) is 7.75. The number of rotatable bonds is 4. The van der Waals surface area contributed by atoms with Crippen molar-refractivity contribution in [3.05, 3.63) is 35.9 Å². The van der Waals surface area contributed by atoms with Gasteiger partial charge in [0.2, 0.25) is 5.60 Å². The summed E-state index contributed by atoms with van der Waals surface area (Å²) in [4.78, 5) is 11.1. The molecule has 0 N–H and O–H groups in total. The number of carbonyl (C=O) groups is 1. The number of alkyl halides is 3. The molecule has 17 heavy (non-hydrogen) atoms. The molecule has 0 aromatic heterocycles. The minimum Gasteiger partial charge on any atom is -0.361 e. The molecule has 0 bridgehead atoms. The smallest absolute Gasteiger partial charge is 0.361 e. The first-order valence-corrected chi connectivity index (χ1v) is 5.07. The highest BCUT2D eigenvalue weighted by atomic mass is 35.5. The number of carbonyl (C=O) groups excluding carboxylic acids is 1. The van der Waals surface area contributed by atoms with Crippen LogP contribution in [0.5, 0.6) is 0 Å². The highest BCUT2D eigenvalue weighted by molar-refractivity contribution is 6.65. The zero-order valence-corrected chi connectivity index (χ0v) is 9.68. The first kappa shape index (κ1) is 14.0. The van der Waals surface area contributed by atoms with Gasteiger partial charge in [-0.2, -0.15) is 13.2 Å². The Kier molecular flexibility index (Phi) is 4.16. The Hall–Kier alpha value is -1.07. The van der Waals surface area contributed by atoms with Gasteiger partial charge in [0.15, 0.2) is 0 Å². The fourth-order valence-electron chi connectivity index (χ4n) is 1.43. The van der Waals surface area contributed by atoms with E-state index in [0.717, 1.165) is 7.11 Å². The summed E-state index contributed by atoms with van der Waals surface area (Å²) in [6.07, 6.45) is -5.51. The summed E-state index contributed by atoms with van der Waals surface area (Å²) in [5.74, 6) is 0. The fraction of sp³-hybridized carbons (Fsp3) is 0.364. The highest BCUT2D eigenvalue weighted by Gasteiger charge is 2.60. The van der Waals surface area contributed by atoms with Crippen LogP contribution in [0.2, 0.25) is 0 Å². The summed E-state index contributed by atoms with van der Waals surface area (Å²) in [5, 5.41) is -1.57.